The summed E-state index contributed by atoms with van der Waals surface area (Å²) in [5.74, 6) is -0.437. The molecule has 0 atom stereocenters. The van der Waals surface area contributed by atoms with Crippen LogP contribution in [-0.2, 0) is 11.0 Å². The minimum atomic E-state index is -4.43. The molecule has 0 heterocycles. The number of carbonyl (C=O) groups excluding carboxylic acids is 1. The first-order valence-corrected chi connectivity index (χ1v) is 7.50. The smallest absolute Gasteiger partial charge is 0.328 e. The lowest BCUT2D eigenvalue weighted by Crippen LogP contribution is -2.32. The van der Waals surface area contributed by atoms with Gasteiger partial charge in [-0.2, -0.15) is 13.2 Å². The largest absolute Gasteiger partial charge is 0.416 e. The molecule has 0 radical (unpaired) electrons. The summed E-state index contributed by atoms with van der Waals surface area (Å²) in [5, 5.41) is 2.58. The third-order valence-electron chi connectivity index (χ3n) is 3.69. The molecular weight excluding hydrogens is 349 g/mol. The molecule has 1 aliphatic rings. The minimum absolute atomic E-state index is 0.120. The van der Waals surface area contributed by atoms with E-state index in [9.17, 15) is 18.0 Å². The second kappa shape index (κ2) is 6.36. The van der Waals surface area contributed by atoms with Crippen LogP contribution in [0.2, 0.25) is 0 Å². The number of hydrogen-bond acceptors (Lipinski definition) is 2. The Labute approximate surface area is 129 Å². The highest BCUT2D eigenvalue weighted by molar-refractivity contribution is 9.10. The van der Waals surface area contributed by atoms with E-state index in [0.717, 1.165) is 25.0 Å². The average molecular weight is 365 g/mol. The fourth-order valence-electron chi connectivity index (χ4n) is 2.41. The number of hydrogen-bond donors (Lipinski definition) is 2. The Kier molecular flexibility index (Phi) is 4.93. The molecule has 21 heavy (non-hydrogen) atoms. The van der Waals surface area contributed by atoms with Crippen molar-refractivity contribution >= 4 is 27.5 Å². The number of nitrogens with one attached hydrogen (secondary N) is 1. The molecule has 0 spiro atoms. The van der Waals surface area contributed by atoms with Crippen LogP contribution in [0.3, 0.4) is 0 Å². The van der Waals surface area contributed by atoms with E-state index in [1.165, 1.54) is 6.07 Å². The van der Waals surface area contributed by atoms with E-state index in [2.05, 4.69) is 21.2 Å². The Morgan fingerprint density at radius 2 is 1.86 bits per heavy atom. The molecule has 0 bridgehead atoms. The predicted molar refractivity (Wildman–Crippen MR) is 77.7 cm³/mol. The monoisotopic (exact) mass is 364 g/mol. The molecule has 7 heteroatoms. The molecule has 1 aromatic rings. The highest BCUT2D eigenvalue weighted by Crippen LogP contribution is 2.34. The molecule has 116 valence electrons. The SMILES string of the molecule is NC1CCC(C(=O)Nc2cc(C(F)(F)F)ccc2Br)CC1. The van der Waals surface area contributed by atoms with E-state index >= 15 is 0 Å². The highest BCUT2D eigenvalue weighted by Gasteiger charge is 2.31. The number of carbonyl (C=O) groups is 1. The summed E-state index contributed by atoms with van der Waals surface area (Å²) >= 11 is 3.16. The molecule has 2 rings (SSSR count). The van der Waals surface area contributed by atoms with Crippen LogP contribution in [-0.4, -0.2) is 11.9 Å². The molecule has 1 saturated carbocycles. The Morgan fingerprint density at radius 1 is 1.24 bits per heavy atom. The van der Waals surface area contributed by atoms with Gasteiger partial charge in [-0.3, -0.25) is 4.79 Å². The lowest BCUT2D eigenvalue weighted by molar-refractivity contribution is -0.137. The van der Waals surface area contributed by atoms with Gasteiger partial charge in [0.1, 0.15) is 0 Å². The van der Waals surface area contributed by atoms with E-state index in [1.54, 1.807) is 0 Å². The second-order valence-corrected chi connectivity index (χ2v) is 6.15. The summed E-state index contributed by atoms with van der Waals surface area (Å²) in [7, 11) is 0. The number of alkyl halides is 3. The van der Waals surface area contributed by atoms with Gasteiger partial charge in [0.05, 0.1) is 11.3 Å². The van der Waals surface area contributed by atoms with Crippen LogP contribution >= 0.6 is 15.9 Å². The molecule has 0 aliphatic heterocycles. The number of benzene rings is 1. The summed E-state index contributed by atoms with van der Waals surface area (Å²) in [5.41, 5.74) is 5.14. The van der Waals surface area contributed by atoms with E-state index < -0.39 is 11.7 Å². The molecular formula is C14H16BrF3N2O. The highest BCUT2D eigenvalue weighted by atomic mass is 79.9. The van der Waals surface area contributed by atoms with Gasteiger partial charge in [-0.1, -0.05) is 0 Å². The first-order valence-electron chi connectivity index (χ1n) is 6.70. The van der Waals surface area contributed by atoms with Crippen LogP contribution in [0.4, 0.5) is 18.9 Å². The molecule has 0 aromatic heterocycles. The van der Waals surface area contributed by atoms with Crippen LogP contribution in [0.25, 0.3) is 0 Å². The third kappa shape index (κ3) is 4.20. The number of rotatable bonds is 2. The standard InChI is InChI=1S/C14H16BrF3N2O/c15-11-6-3-9(14(16,17)18)7-12(11)20-13(21)8-1-4-10(19)5-2-8/h3,6-8,10H,1-2,4-5,19H2,(H,20,21). The van der Waals surface area contributed by atoms with Crippen molar-refractivity contribution in [3.63, 3.8) is 0 Å². The van der Waals surface area contributed by atoms with E-state index in [4.69, 9.17) is 5.73 Å². The van der Waals surface area contributed by atoms with Gasteiger partial charge < -0.3 is 11.1 Å². The van der Waals surface area contributed by atoms with Gasteiger partial charge in [0.15, 0.2) is 0 Å². The fraction of sp³-hybridized carbons (Fsp3) is 0.500. The number of anilines is 1. The van der Waals surface area contributed by atoms with Crippen molar-refractivity contribution in [1.29, 1.82) is 0 Å². The Morgan fingerprint density at radius 3 is 2.43 bits per heavy atom. The molecule has 1 aromatic carbocycles. The van der Waals surface area contributed by atoms with Crippen LogP contribution in [0.15, 0.2) is 22.7 Å². The summed E-state index contributed by atoms with van der Waals surface area (Å²) in [6.07, 6.45) is -1.56. The zero-order valence-corrected chi connectivity index (χ0v) is 12.8. The molecule has 3 N–H and O–H groups in total. The number of amides is 1. The first-order chi connectivity index (χ1) is 9.77. The van der Waals surface area contributed by atoms with E-state index in [1.807, 2.05) is 0 Å². The van der Waals surface area contributed by atoms with Crippen LogP contribution < -0.4 is 11.1 Å². The van der Waals surface area contributed by atoms with Crippen molar-refractivity contribution in [3.8, 4) is 0 Å². The van der Waals surface area contributed by atoms with Crippen molar-refractivity contribution in [1.82, 2.24) is 0 Å². The lowest BCUT2D eigenvalue weighted by Gasteiger charge is -2.25. The van der Waals surface area contributed by atoms with E-state index in [-0.39, 0.29) is 23.6 Å². The zero-order valence-electron chi connectivity index (χ0n) is 11.2. The van der Waals surface area contributed by atoms with Crippen LogP contribution in [0.1, 0.15) is 31.2 Å². The second-order valence-electron chi connectivity index (χ2n) is 5.29. The van der Waals surface area contributed by atoms with Gasteiger partial charge in [0, 0.05) is 16.4 Å². The predicted octanol–water partition coefficient (Wildman–Crippen LogP) is 3.92. The fourth-order valence-corrected chi connectivity index (χ4v) is 2.76. The van der Waals surface area contributed by atoms with Gasteiger partial charge in [-0.05, 0) is 59.8 Å². The zero-order chi connectivity index (χ0) is 15.6. The maximum absolute atomic E-state index is 12.7. The third-order valence-corrected chi connectivity index (χ3v) is 4.39. The van der Waals surface area contributed by atoms with Gasteiger partial charge in [0.2, 0.25) is 5.91 Å². The van der Waals surface area contributed by atoms with Gasteiger partial charge in [-0.15, -0.1) is 0 Å². The maximum Gasteiger partial charge on any atom is 0.416 e. The van der Waals surface area contributed by atoms with Crippen molar-refractivity contribution in [2.75, 3.05) is 5.32 Å². The average Bonchev–Trinajstić information content (AvgIpc) is 2.40. The number of halogens is 4. The molecule has 1 amide bonds. The summed E-state index contributed by atoms with van der Waals surface area (Å²) < 4.78 is 38.5. The number of nitrogens with two attached hydrogens (primary N) is 1. The molecule has 1 aliphatic carbocycles. The van der Waals surface area contributed by atoms with Crippen molar-refractivity contribution in [2.45, 2.75) is 37.9 Å². The molecule has 0 unspecified atom stereocenters. The summed E-state index contributed by atoms with van der Waals surface area (Å²) in [6.45, 7) is 0. The van der Waals surface area contributed by atoms with E-state index in [0.29, 0.717) is 17.3 Å². The van der Waals surface area contributed by atoms with Gasteiger partial charge in [0.25, 0.3) is 0 Å². The van der Waals surface area contributed by atoms with Crippen molar-refractivity contribution in [2.24, 2.45) is 11.7 Å². The lowest BCUT2D eigenvalue weighted by atomic mass is 9.86. The minimum Gasteiger partial charge on any atom is -0.328 e. The molecule has 0 saturated heterocycles. The Balaban J connectivity index is 2.10. The molecule has 1 fully saturated rings. The van der Waals surface area contributed by atoms with Gasteiger partial charge >= 0.3 is 6.18 Å². The topological polar surface area (TPSA) is 55.1 Å². The van der Waals surface area contributed by atoms with Crippen LogP contribution in [0, 0.1) is 5.92 Å². The Bertz CT molecular complexity index is 525. The summed E-state index contributed by atoms with van der Waals surface area (Å²) in [4.78, 5) is 12.1. The normalized spacial score (nSPS) is 22.9. The van der Waals surface area contributed by atoms with Gasteiger partial charge in [-0.25, -0.2) is 0 Å². The quantitative estimate of drug-likeness (QED) is 0.835. The molecule has 3 nitrogen and oxygen atoms in total. The maximum atomic E-state index is 12.7. The summed E-state index contributed by atoms with van der Waals surface area (Å²) in [6, 6.07) is 3.32. The van der Waals surface area contributed by atoms with Crippen molar-refractivity contribution in [3.05, 3.63) is 28.2 Å². The first kappa shape index (κ1) is 16.3. The Hall–Kier alpha value is -1.08. The van der Waals surface area contributed by atoms with Crippen molar-refractivity contribution < 1.29 is 18.0 Å². The van der Waals surface area contributed by atoms with Crippen LogP contribution in [0.5, 0.6) is 0 Å².